The molecule has 0 saturated heterocycles. The molecule has 1 amide bonds. The SMILES string of the molecule is COC(=O)c1ccn(C[C@H](C)NC(=O)OC(C)(C)C)c(=O)c1. The van der Waals surface area contributed by atoms with E-state index in [-0.39, 0.29) is 23.7 Å². The van der Waals surface area contributed by atoms with Gasteiger partial charge in [-0.1, -0.05) is 0 Å². The lowest BCUT2D eigenvalue weighted by Gasteiger charge is -2.22. The number of carbonyl (C=O) groups is 2. The van der Waals surface area contributed by atoms with Gasteiger partial charge < -0.3 is 19.4 Å². The summed E-state index contributed by atoms with van der Waals surface area (Å²) < 4.78 is 11.1. The van der Waals surface area contributed by atoms with Crippen LogP contribution in [0.5, 0.6) is 0 Å². The number of methoxy groups -OCH3 is 1. The lowest BCUT2D eigenvalue weighted by molar-refractivity contribution is 0.0503. The maximum Gasteiger partial charge on any atom is 0.407 e. The van der Waals surface area contributed by atoms with E-state index >= 15 is 0 Å². The van der Waals surface area contributed by atoms with E-state index in [4.69, 9.17) is 4.74 Å². The summed E-state index contributed by atoms with van der Waals surface area (Å²) in [4.78, 5) is 34.9. The summed E-state index contributed by atoms with van der Waals surface area (Å²) in [5.41, 5.74) is -0.736. The molecule has 0 aliphatic carbocycles. The molecule has 0 aliphatic rings. The number of hydrogen-bond acceptors (Lipinski definition) is 5. The molecule has 0 aromatic carbocycles. The van der Waals surface area contributed by atoms with E-state index < -0.39 is 17.7 Å². The van der Waals surface area contributed by atoms with Crippen LogP contribution in [0, 0.1) is 0 Å². The largest absolute Gasteiger partial charge is 0.465 e. The van der Waals surface area contributed by atoms with Crippen molar-refractivity contribution in [2.45, 2.75) is 45.9 Å². The molecule has 1 atom stereocenters. The van der Waals surface area contributed by atoms with Crippen LogP contribution in [-0.4, -0.2) is 35.4 Å². The second-order valence-electron chi connectivity index (χ2n) is 5.94. The second-order valence-corrected chi connectivity index (χ2v) is 5.94. The van der Waals surface area contributed by atoms with Gasteiger partial charge in [0, 0.05) is 24.8 Å². The third-order valence-electron chi connectivity index (χ3n) is 2.65. The van der Waals surface area contributed by atoms with E-state index in [1.54, 1.807) is 27.7 Å². The van der Waals surface area contributed by atoms with Gasteiger partial charge in [-0.3, -0.25) is 4.79 Å². The predicted octanol–water partition coefficient (Wildman–Crippen LogP) is 1.55. The predicted molar refractivity (Wildman–Crippen MR) is 80.9 cm³/mol. The van der Waals surface area contributed by atoms with Crippen LogP contribution >= 0.6 is 0 Å². The number of rotatable bonds is 4. The van der Waals surface area contributed by atoms with Gasteiger partial charge in [0.05, 0.1) is 12.7 Å². The van der Waals surface area contributed by atoms with Crippen molar-refractivity contribution in [3.05, 3.63) is 34.2 Å². The number of nitrogens with zero attached hydrogens (tertiary/aromatic N) is 1. The summed E-state index contributed by atoms with van der Waals surface area (Å²) >= 11 is 0. The molecule has 1 heterocycles. The van der Waals surface area contributed by atoms with E-state index in [9.17, 15) is 14.4 Å². The van der Waals surface area contributed by atoms with Gasteiger partial charge in [0.25, 0.3) is 5.56 Å². The average molecular weight is 310 g/mol. The summed E-state index contributed by atoms with van der Waals surface area (Å²) in [6, 6.07) is 2.39. The topological polar surface area (TPSA) is 86.6 Å². The smallest absolute Gasteiger partial charge is 0.407 e. The van der Waals surface area contributed by atoms with Gasteiger partial charge in [0.2, 0.25) is 0 Å². The highest BCUT2D eigenvalue weighted by molar-refractivity contribution is 5.88. The first-order chi connectivity index (χ1) is 10.1. The van der Waals surface area contributed by atoms with Crippen molar-refractivity contribution in [1.82, 2.24) is 9.88 Å². The Bertz CT molecular complexity index is 601. The van der Waals surface area contributed by atoms with Crippen molar-refractivity contribution in [2.75, 3.05) is 7.11 Å². The van der Waals surface area contributed by atoms with Crippen LogP contribution in [-0.2, 0) is 16.0 Å². The third-order valence-corrected chi connectivity index (χ3v) is 2.65. The number of ether oxygens (including phenoxy) is 2. The quantitative estimate of drug-likeness (QED) is 0.853. The Morgan fingerprint density at radius 2 is 2.00 bits per heavy atom. The Morgan fingerprint density at radius 3 is 2.50 bits per heavy atom. The average Bonchev–Trinajstić information content (AvgIpc) is 2.37. The fourth-order valence-corrected chi connectivity index (χ4v) is 1.75. The molecule has 1 N–H and O–H groups in total. The van der Waals surface area contributed by atoms with Crippen molar-refractivity contribution in [3.63, 3.8) is 0 Å². The Morgan fingerprint density at radius 1 is 1.36 bits per heavy atom. The van der Waals surface area contributed by atoms with Crippen LogP contribution < -0.4 is 10.9 Å². The number of hydrogen-bond donors (Lipinski definition) is 1. The summed E-state index contributed by atoms with van der Waals surface area (Å²) in [5.74, 6) is -0.566. The minimum atomic E-state index is -0.581. The summed E-state index contributed by atoms with van der Waals surface area (Å²) in [6.07, 6.45) is 0.946. The first kappa shape index (κ1) is 17.7. The molecule has 1 aromatic rings. The number of carbonyl (C=O) groups excluding carboxylic acids is 2. The van der Waals surface area contributed by atoms with Gasteiger partial charge in [0.1, 0.15) is 5.60 Å². The minimum absolute atomic E-state index is 0.191. The van der Waals surface area contributed by atoms with Crippen molar-refractivity contribution < 1.29 is 19.1 Å². The van der Waals surface area contributed by atoms with Crippen LogP contribution in [0.3, 0.4) is 0 Å². The third kappa shape index (κ3) is 5.59. The van der Waals surface area contributed by atoms with Gasteiger partial charge in [-0.05, 0) is 33.8 Å². The van der Waals surface area contributed by atoms with Crippen LogP contribution in [0.15, 0.2) is 23.1 Å². The summed E-state index contributed by atoms with van der Waals surface area (Å²) in [7, 11) is 1.25. The number of amides is 1. The Hall–Kier alpha value is -2.31. The Labute approximate surface area is 129 Å². The molecular weight excluding hydrogens is 288 g/mol. The zero-order valence-corrected chi connectivity index (χ0v) is 13.5. The molecule has 0 spiro atoms. The minimum Gasteiger partial charge on any atom is -0.465 e. The highest BCUT2D eigenvalue weighted by Gasteiger charge is 2.18. The molecular formula is C15H22N2O5. The molecule has 0 saturated carbocycles. The normalized spacial score (nSPS) is 12.4. The Balaban J connectivity index is 2.69. The molecule has 122 valence electrons. The van der Waals surface area contributed by atoms with Crippen LogP contribution in [0.25, 0.3) is 0 Å². The number of nitrogens with one attached hydrogen (secondary N) is 1. The van der Waals surface area contributed by atoms with E-state index in [1.165, 1.54) is 30.0 Å². The molecule has 7 heteroatoms. The molecule has 7 nitrogen and oxygen atoms in total. The molecule has 0 fully saturated rings. The highest BCUT2D eigenvalue weighted by atomic mass is 16.6. The van der Waals surface area contributed by atoms with E-state index in [1.807, 2.05) is 0 Å². The highest BCUT2D eigenvalue weighted by Crippen LogP contribution is 2.07. The number of esters is 1. The first-order valence-electron chi connectivity index (χ1n) is 6.90. The van der Waals surface area contributed by atoms with Gasteiger partial charge in [-0.25, -0.2) is 9.59 Å². The van der Waals surface area contributed by atoms with Crippen molar-refractivity contribution in [1.29, 1.82) is 0 Å². The van der Waals surface area contributed by atoms with Gasteiger partial charge in [0.15, 0.2) is 0 Å². The number of aromatic nitrogens is 1. The molecule has 0 unspecified atom stereocenters. The van der Waals surface area contributed by atoms with Gasteiger partial charge in [-0.2, -0.15) is 0 Å². The maximum absolute atomic E-state index is 11.9. The molecule has 1 aromatic heterocycles. The van der Waals surface area contributed by atoms with Crippen LogP contribution in [0.4, 0.5) is 4.79 Å². The standard InChI is InChI=1S/C15H22N2O5/c1-10(16-14(20)22-15(2,3)4)9-17-7-6-11(8-12(17)18)13(19)21-5/h6-8,10H,9H2,1-5H3,(H,16,20)/t10-/m0/s1. The molecule has 0 aliphatic heterocycles. The Kier molecular flexibility index (Phi) is 5.73. The molecule has 0 bridgehead atoms. The van der Waals surface area contributed by atoms with E-state index in [0.29, 0.717) is 0 Å². The van der Waals surface area contributed by atoms with E-state index in [0.717, 1.165) is 0 Å². The molecule has 22 heavy (non-hydrogen) atoms. The lowest BCUT2D eigenvalue weighted by atomic mass is 10.2. The van der Waals surface area contributed by atoms with Crippen LogP contribution in [0.2, 0.25) is 0 Å². The monoisotopic (exact) mass is 310 g/mol. The van der Waals surface area contributed by atoms with E-state index in [2.05, 4.69) is 10.1 Å². The molecule has 1 rings (SSSR count). The second kappa shape index (κ2) is 7.11. The maximum atomic E-state index is 11.9. The summed E-state index contributed by atoms with van der Waals surface area (Å²) in [6.45, 7) is 7.33. The molecule has 0 radical (unpaired) electrons. The van der Waals surface area contributed by atoms with Crippen molar-refractivity contribution >= 4 is 12.1 Å². The fourth-order valence-electron chi connectivity index (χ4n) is 1.75. The van der Waals surface area contributed by atoms with Gasteiger partial charge >= 0.3 is 12.1 Å². The van der Waals surface area contributed by atoms with Crippen molar-refractivity contribution in [2.24, 2.45) is 0 Å². The lowest BCUT2D eigenvalue weighted by Crippen LogP contribution is -2.41. The van der Waals surface area contributed by atoms with Crippen molar-refractivity contribution in [3.8, 4) is 0 Å². The van der Waals surface area contributed by atoms with Crippen LogP contribution in [0.1, 0.15) is 38.1 Å². The summed E-state index contributed by atoms with van der Waals surface area (Å²) in [5, 5.41) is 2.65. The number of alkyl carbamates (subject to hydrolysis) is 1. The zero-order valence-electron chi connectivity index (χ0n) is 13.5. The first-order valence-corrected chi connectivity index (χ1v) is 6.90. The fraction of sp³-hybridized carbons (Fsp3) is 0.533. The zero-order chi connectivity index (χ0) is 16.9. The van der Waals surface area contributed by atoms with Gasteiger partial charge in [-0.15, -0.1) is 0 Å². The number of pyridine rings is 1.